The quantitative estimate of drug-likeness (QED) is 0.120. The van der Waals surface area contributed by atoms with Gasteiger partial charge in [-0.3, -0.25) is 9.69 Å². The summed E-state index contributed by atoms with van der Waals surface area (Å²) in [4.78, 5) is 21.6. The first-order chi connectivity index (χ1) is 24.8. The van der Waals surface area contributed by atoms with Crippen LogP contribution in [0.15, 0.2) is 109 Å². The fourth-order valence-electron chi connectivity index (χ4n) is 5.76. The van der Waals surface area contributed by atoms with Crippen LogP contribution in [0, 0.1) is 12.7 Å². The minimum atomic E-state index is -0.234. The maximum atomic E-state index is 13.1. The minimum Gasteiger partial charge on any atom is -0.487 e. The standard InChI is InChI=1S/C41H39Cl2FN4O3.2ClH/c1-29-24-32(25-38(43)41(29)51-39-16-15-36(26-46-39)50-28-33-4-2-3-5-37(33)42)10-17-40(49)48-22-20-47(21-23-48)27-31-8-6-30(7-9-31)18-19-45-35-13-11-34(44)12-14-35;;/h2-17,24-26,45H,18-23,27-28H2,1H3;2*1H/b17-10+;;. The van der Waals surface area contributed by atoms with Gasteiger partial charge >= 0.3 is 0 Å². The second-order valence-corrected chi connectivity index (χ2v) is 13.2. The maximum absolute atomic E-state index is 13.1. The van der Waals surface area contributed by atoms with E-state index in [1.807, 2.05) is 42.2 Å². The van der Waals surface area contributed by atoms with Gasteiger partial charge in [-0.15, -0.1) is 24.8 Å². The summed E-state index contributed by atoms with van der Waals surface area (Å²) >= 11 is 12.8. The molecule has 1 aliphatic rings. The van der Waals surface area contributed by atoms with E-state index in [2.05, 4.69) is 39.5 Å². The first kappa shape index (κ1) is 41.4. The lowest BCUT2D eigenvalue weighted by atomic mass is 10.1. The monoisotopic (exact) mass is 796 g/mol. The van der Waals surface area contributed by atoms with Gasteiger partial charge in [0.1, 0.15) is 18.2 Å². The molecule has 1 N–H and O–H groups in total. The molecule has 0 spiro atoms. The number of carbonyl (C=O) groups is 1. The van der Waals surface area contributed by atoms with Gasteiger partial charge in [-0.05, 0) is 90.2 Å². The number of amides is 1. The van der Waals surface area contributed by atoms with Crippen molar-refractivity contribution in [1.82, 2.24) is 14.8 Å². The normalized spacial score (nSPS) is 12.9. The first-order valence-electron chi connectivity index (χ1n) is 16.9. The van der Waals surface area contributed by atoms with Crippen LogP contribution in [0.5, 0.6) is 17.4 Å². The molecule has 278 valence electrons. The number of pyridine rings is 1. The molecule has 1 aliphatic heterocycles. The molecule has 0 aliphatic carbocycles. The lowest BCUT2D eigenvalue weighted by molar-refractivity contribution is -0.127. The van der Waals surface area contributed by atoms with Gasteiger partial charge in [0.05, 0.1) is 11.2 Å². The van der Waals surface area contributed by atoms with Gasteiger partial charge in [-0.1, -0.05) is 65.7 Å². The number of rotatable bonds is 13. The molecule has 2 heterocycles. The van der Waals surface area contributed by atoms with Crippen molar-refractivity contribution in [1.29, 1.82) is 0 Å². The molecular formula is C41H41Cl4FN4O3. The number of carbonyl (C=O) groups excluding carboxylic acids is 1. The lowest BCUT2D eigenvalue weighted by Crippen LogP contribution is -2.47. The molecule has 12 heteroatoms. The van der Waals surface area contributed by atoms with E-state index in [0.717, 1.165) is 55.0 Å². The number of aromatic nitrogens is 1. The molecule has 7 nitrogen and oxygen atoms in total. The molecule has 1 saturated heterocycles. The van der Waals surface area contributed by atoms with Crippen LogP contribution in [0.4, 0.5) is 10.1 Å². The van der Waals surface area contributed by atoms with Crippen LogP contribution in [0.1, 0.15) is 27.8 Å². The number of hydrogen-bond donors (Lipinski definition) is 1. The van der Waals surface area contributed by atoms with E-state index in [1.165, 1.54) is 23.3 Å². The minimum absolute atomic E-state index is 0. The molecular weight excluding hydrogens is 757 g/mol. The average Bonchev–Trinajstić information content (AvgIpc) is 3.14. The SMILES string of the molecule is Cc1cc(/C=C/C(=O)N2CCN(Cc3ccc(CCNc4ccc(F)cc4)cc3)CC2)cc(Cl)c1Oc1ccc(OCc2ccccc2Cl)cn1.Cl.Cl. The summed E-state index contributed by atoms with van der Waals surface area (Å²) in [5.74, 6) is 1.22. The van der Waals surface area contributed by atoms with Gasteiger partial charge in [-0.2, -0.15) is 0 Å². The summed E-state index contributed by atoms with van der Waals surface area (Å²) in [6.45, 7) is 6.80. The van der Waals surface area contributed by atoms with Crippen molar-refractivity contribution in [2.75, 3.05) is 38.0 Å². The Morgan fingerprint density at radius 1 is 0.887 bits per heavy atom. The highest BCUT2D eigenvalue weighted by Gasteiger charge is 2.20. The summed E-state index contributed by atoms with van der Waals surface area (Å²) in [5, 5.41) is 4.40. The van der Waals surface area contributed by atoms with Crippen LogP contribution < -0.4 is 14.8 Å². The summed E-state index contributed by atoms with van der Waals surface area (Å²) in [6.07, 6.45) is 5.87. The molecule has 0 saturated carbocycles. The third-order valence-electron chi connectivity index (χ3n) is 8.64. The number of anilines is 1. The highest BCUT2D eigenvalue weighted by molar-refractivity contribution is 6.32. The fourth-order valence-corrected chi connectivity index (χ4v) is 6.27. The van der Waals surface area contributed by atoms with Crippen LogP contribution in [-0.4, -0.2) is 53.4 Å². The van der Waals surface area contributed by atoms with Gasteiger partial charge in [-0.25, -0.2) is 9.37 Å². The van der Waals surface area contributed by atoms with Gasteiger partial charge in [0.15, 0.2) is 5.75 Å². The number of benzene rings is 4. The first-order valence-corrected chi connectivity index (χ1v) is 17.6. The highest BCUT2D eigenvalue weighted by atomic mass is 35.5. The Hall–Kier alpha value is -4.31. The van der Waals surface area contributed by atoms with Crippen molar-refractivity contribution in [2.24, 2.45) is 0 Å². The zero-order chi connectivity index (χ0) is 35.6. The second kappa shape index (κ2) is 20.2. The number of aryl methyl sites for hydroxylation is 1. The number of nitrogens with zero attached hydrogens (tertiary/aromatic N) is 3. The van der Waals surface area contributed by atoms with Crippen molar-refractivity contribution in [3.63, 3.8) is 0 Å². The van der Waals surface area contributed by atoms with Crippen molar-refractivity contribution < 1.29 is 18.7 Å². The van der Waals surface area contributed by atoms with E-state index in [-0.39, 0.29) is 36.5 Å². The van der Waals surface area contributed by atoms with E-state index in [4.69, 9.17) is 32.7 Å². The molecule has 0 bridgehead atoms. The van der Waals surface area contributed by atoms with E-state index in [9.17, 15) is 9.18 Å². The van der Waals surface area contributed by atoms with Crippen molar-refractivity contribution in [2.45, 2.75) is 26.5 Å². The van der Waals surface area contributed by atoms with Crippen LogP contribution in [0.3, 0.4) is 0 Å². The van der Waals surface area contributed by atoms with Crippen molar-refractivity contribution >= 4 is 65.7 Å². The lowest BCUT2D eigenvalue weighted by Gasteiger charge is -2.34. The van der Waals surface area contributed by atoms with Gasteiger partial charge in [0.25, 0.3) is 0 Å². The highest BCUT2D eigenvalue weighted by Crippen LogP contribution is 2.34. The molecule has 6 rings (SSSR count). The van der Waals surface area contributed by atoms with Gasteiger partial charge < -0.3 is 19.7 Å². The summed E-state index contributed by atoms with van der Waals surface area (Å²) < 4.78 is 24.9. The maximum Gasteiger partial charge on any atom is 0.246 e. The van der Waals surface area contributed by atoms with E-state index >= 15 is 0 Å². The fraction of sp³-hybridized carbons (Fsp3) is 0.220. The predicted octanol–water partition coefficient (Wildman–Crippen LogP) is 10.1. The number of piperazine rings is 1. The van der Waals surface area contributed by atoms with Crippen molar-refractivity contribution in [3.8, 4) is 17.4 Å². The topological polar surface area (TPSA) is 66.9 Å². The van der Waals surface area contributed by atoms with E-state index in [0.29, 0.717) is 47.1 Å². The summed E-state index contributed by atoms with van der Waals surface area (Å²) in [6, 6.07) is 29.8. The van der Waals surface area contributed by atoms with E-state index in [1.54, 1.807) is 48.7 Å². The number of nitrogens with one attached hydrogen (secondary N) is 1. The average molecular weight is 799 g/mol. The van der Waals surface area contributed by atoms with Crippen molar-refractivity contribution in [3.05, 3.63) is 153 Å². The Morgan fingerprint density at radius 2 is 1.60 bits per heavy atom. The molecule has 0 radical (unpaired) electrons. The molecule has 0 unspecified atom stereocenters. The van der Waals surface area contributed by atoms with Crippen LogP contribution >= 0.6 is 48.0 Å². The third kappa shape index (κ3) is 12.1. The van der Waals surface area contributed by atoms with Gasteiger partial charge in [0.2, 0.25) is 11.8 Å². The van der Waals surface area contributed by atoms with E-state index < -0.39 is 0 Å². The predicted molar refractivity (Wildman–Crippen MR) is 217 cm³/mol. The molecule has 53 heavy (non-hydrogen) atoms. The molecule has 4 aromatic carbocycles. The Balaban J connectivity index is 0.00000314. The molecule has 0 atom stereocenters. The zero-order valence-electron chi connectivity index (χ0n) is 29.1. The van der Waals surface area contributed by atoms with Crippen LogP contribution in [0.25, 0.3) is 6.08 Å². The second-order valence-electron chi connectivity index (χ2n) is 12.4. The molecule has 5 aromatic rings. The summed E-state index contributed by atoms with van der Waals surface area (Å²) in [5.41, 5.74) is 5.92. The Kier molecular flexibility index (Phi) is 15.8. The van der Waals surface area contributed by atoms with Crippen LogP contribution in [-0.2, 0) is 24.4 Å². The Bertz CT molecular complexity index is 1930. The third-order valence-corrected chi connectivity index (χ3v) is 9.29. The van der Waals surface area contributed by atoms with Crippen LogP contribution in [0.2, 0.25) is 10.0 Å². The Morgan fingerprint density at radius 3 is 2.28 bits per heavy atom. The number of halogens is 5. The molecule has 1 amide bonds. The molecule has 1 aromatic heterocycles. The largest absolute Gasteiger partial charge is 0.487 e. The number of hydrogen-bond acceptors (Lipinski definition) is 6. The smallest absolute Gasteiger partial charge is 0.246 e. The molecule has 1 fully saturated rings. The number of ether oxygens (including phenoxy) is 2. The summed E-state index contributed by atoms with van der Waals surface area (Å²) in [7, 11) is 0. The Labute approximate surface area is 332 Å². The van der Waals surface area contributed by atoms with Gasteiger partial charge in [0, 0.05) is 67.7 Å². The zero-order valence-corrected chi connectivity index (χ0v) is 32.3.